The molecule has 142 valence electrons. The van der Waals surface area contributed by atoms with E-state index in [4.69, 9.17) is 0 Å². The van der Waals surface area contributed by atoms with Crippen LogP contribution < -0.4 is 0 Å². The summed E-state index contributed by atoms with van der Waals surface area (Å²) in [6, 6.07) is 7.12. The van der Waals surface area contributed by atoms with Crippen LogP contribution in [-0.2, 0) is 0 Å². The van der Waals surface area contributed by atoms with E-state index in [2.05, 4.69) is 32.6 Å². The topological polar surface area (TPSA) is 40.6 Å². The molecule has 1 aromatic carbocycles. The van der Waals surface area contributed by atoms with Gasteiger partial charge in [0.15, 0.2) is 0 Å². The zero-order valence-electron chi connectivity index (χ0n) is 16.7. The van der Waals surface area contributed by atoms with E-state index >= 15 is 0 Å². The average molecular weight is 357 g/mol. The zero-order chi connectivity index (χ0) is 18.9. The number of hydrogen-bond donors (Lipinski definition) is 0. The molecule has 0 atom stereocenters. The van der Waals surface area contributed by atoms with Crippen molar-refractivity contribution in [3.8, 4) is 0 Å². The van der Waals surface area contributed by atoms with Gasteiger partial charge < -0.3 is 0 Å². The lowest BCUT2D eigenvalue weighted by atomic mass is 9.79. The van der Waals surface area contributed by atoms with Crippen LogP contribution in [0.2, 0.25) is 0 Å². The van der Waals surface area contributed by atoms with Gasteiger partial charge in [-0.25, -0.2) is 0 Å². The van der Waals surface area contributed by atoms with E-state index in [1.807, 2.05) is 12.1 Å². The van der Waals surface area contributed by atoms with Crippen molar-refractivity contribution in [2.24, 2.45) is 0 Å². The third-order valence-electron chi connectivity index (χ3n) is 6.18. The first kappa shape index (κ1) is 19.1. The molecular formula is C22H32N2O2. The van der Waals surface area contributed by atoms with E-state index in [0.717, 1.165) is 25.8 Å². The molecule has 4 heteroatoms. The van der Waals surface area contributed by atoms with Crippen molar-refractivity contribution in [1.82, 2.24) is 9.80 Å². The van der Waals surface area contributed by atoms with Gasteiger partial charge in [0.25, 0.3) is 11.8 Å². The lowest BCUT2D eigenvalue weighted by Gasteiger charge is -2.53. The molecule has 1 saturated heterocycles. The fourth-order valence-corrected chi connectivity index (χ4v) is 4.81. The van der Waals surface area contributed by atoms with Crippen molar-refractivity contribution in [3.63, 3.8) is 0 Å². The summed E-state index contributed by atoms with van der Waals surface area (Å²) in [6.07, 6.45) is 6.83. The maximum atomic E-state index is 12.4. The summed E-state index contributed by atoms with van der Waals surface area (Å²) >= 11 is 0. The molecule has 4 nitrogen and oxygen atoms in total. The van der Waals surface area contributed by atoms with Crippen LogP contribution in [0.4, 0.5) is 0 Å². The predicted molar refractivity (Wildman–Crippen MR) is 104 cm³/mol. The molecule has 26 heavy (non-hydrogen) atoms. The number of carbonyl (C=O) groups excluding carboxylic acids is 2. The largest absolute Gasteiger partial charge is 0.293 e. The zero-order valence-corrected chi connectivity index (χ0v) is 16.7. The van der Waals surface area contributed by atoms with Gasteiger partial charge in [-0.05, 0) is 78.5 Å². The lowest BCUT2D eigenvalue weighted by Crippen LogP contribution is -2.58. The molecule has 0 saturated carbocycles. The van der Waals surface area contributed by atoms with Gasteiger partial charge in [-0.1, -0.05) is 18.6 Å². The molecule has 2 aliphatic rings. The van der Waals surface area contributed by atoms with Crippen molar-refractivity contribution in [1.29, 1.82) is 0 Å². The van der Waals surface area contributed by atoms with Crippen molar-refractivity contribution >= 4 is 11.8 Å². The Labute approximate surface area is 157 Å². The van der Waals surface area contributed by atoms with Crippen LogP contribution in [0.5, 0.6) is 0 Å². The van der Waals surface area contributed by atoms with Crippen LogP contribution in [0.3, 0.4) is 0 Å². The minimum Gasteiger partial charge on any atom is -0.293 e. The number of imide groups is 1. The Morgan fingerprint density at radius 2 is 1.31 bits per heavy atom. The van der Waals surface area contributed by atoms with Crippen LogP contribution in [0.25, 0.3) is 0 Å². The number of amides is 2. The van der Waals surface area contributed by atoms with E-state index in [9.17, 15) is 9.59 Å². The number of benzene rings is 1. The van der Waals surface area contributed by atoms with Gasteiger partial charge in [0.1, 0.15) is 0 Å². The Bertz CT molecular complexity index is 642. The van der Waals surface area contributed by atoms with Crippen LogP contribution >= 0.6 is 0 Å². The first-order chi connectivity index (χ1) is 12.2. The van der Waals surface area contributed by atoms with Crippen LogP contribution in [0.15, 0.2) is 24.3 Å². The second-order valence-corrected chi connectivity index (χ2v) is 9.00. The summed E-state index contributed by atoms with van der Waals surface area (Å²) < 4.78 is 0. The molecule has 0 N–H and O–H groups in total. The smallest absolute Gasteiger partial charge is 0.261 e. The van der Waals surface area contributed by atoms with Crippen molar-refractivity contribution in [2.75, 3.05) is 13.1 Å². The second kappa shape index (κ2) is 7.15. The van der Waals surface area contributed by atoms with Crippen molar-refractivity contribution in [3.05, 3.63) is 35.4 Å². The van der Waals surface area contributed by atoms with Crippen molar-refractivity contribution in [2.45, 2.75) is 77.3 Å². The second-order valence-electron chi connectivity index (χ2n) is 9.00. The minimum atomic E-state index is -0.135. The van der Waals surface area contributed by atoms with E-state index in [-0.39, 0.29) is 22.9 Å². The maximum absolute atomic E-state index is 12.4. The van der Waals surface area contributed by atoms with Gasteiger partial charge in [-0.3, -0.25) is 19.4 Å². The Morgan fingerprint density at radius 1 is 0.808 bits per heavy atom. The molecule has 0 bridgehead atoms. The summed E-state index contributed by atoms with van der Waals surface area (Å²) in [5, 5.41) is 0. The standard InChI is InChI=1S/C22H32N2O2/c1-21(2)13-10-14-22(3,4)24(21)16-9-5-8-15-23-19(25)17-11-6-7-12-18(17)20(23)26/h6-7,11-12H,5,8-10,13-16H2,1-4H3. The number of fused-ring (bicyclic) bond motifs is 1. The first-order valence-electron chi connectivity index (χ1n) is 9.97. The molecule has 2 heterocycles. The Morgan fingerprint density at radius 3 is 1.85 bits per heavy atom. The lowest BCUT2D eigenvalue weighted by molar-refractivity contribution is -0.0276. The van der Waals surface area contributed by atoms with Gasteiger partial charge in [0.2, 0.25) is 0 Å². The highest BCUT2D eigenvalue weighted by Crippen LogP contribution is 2.38. The number of carbonyl (C=O) groups is 2. The summed E-state index contributed by atoms with van der Waals surface area (Å²) in [5.41, 5.74) is 1.61. The maximum Gasteiger partial charge on any atom is 0.261 e. The van der Waals surface area contributed by atoms with Crippen LogP contribution in [0.1, 0.15) is 86.9 Å². The molecule has 2 amide bonds. The first-order valence-corrected chi connectivity index (χ1v) is 9.97. The quantitative estimate of drug-likeness (QED) is 0.557. The normalized spacial score (nSPS) is 21.9. The Hall–Kier alpha value is -1.68. The highest BCUT2D eigenvalue weighted by Gasteiger charge is 2.40. The number of piperidine rings is 1. The van der Waals surface area contributed by atoms with E-state index in [1.165, 1.54) is 24.2 Å². The SMILES string of the molecule is CC1(C)CCCC(C)(C)N1CCCCCN1C(=O)c2ccccc2C1=O. The molecule has 0 aromatic heterocycles. The van der Waals surface area contributed by atoms with Crippen molar-refractivity contribution < 1.29 is 9.59 Å². The average Bonchev–Trinajstić information content (AvgIpc) is 2.81. The van der Waals surface area contributed by atoms with E-state index in [0.29, 0.717) is 17.7 Å². The summed E-state index contributed by atoms with van der Waals surface area (Å²) in [7, 11) is 0. The third-order valence-corrected chi connectivity index (χ3v) is 6.18. The van der Waals surface area contributed by atoms with Crippen LogP contribution in [-0.4, -0.2) is 45.8 Å². The molecule has 0 spiro atoms. The molecule has 1 aromatic rings. The van der Waals surface area contributed by atoms with E-state index < -0.39 is 0 Å². The summed E-state index contributed by atoms with van der Waals surface area (Å²) in [4.78, 5) is 28.8. The fraction of sp³-hybridized carbons (Fsp3) is 0.636. The number of rotatable bonds is 6. The molecule has 2 aliphatic heterocycles. The summed E-state index contributed by atoms with van der Waals surface area (Å²) in [5.74, 6) is -0.271. The monoisotopic (exact) mass is 356 g/mol. The van der Waals surface area contributed by atoms with Gasteiger partial charge in [0, 0.05) is 17.6 Å². The van der Waals surface area contributed by atoms with Gasteiger partial charge >= 0.3 is 0 Å². The predicted octanol–water partition coefficient (Wildman–Crippen LogP) is 4.50. The fourth-order valence-electron chi connectivity index (χ4n) is 4.81. The van der Waals surface area contributed by atoms with Gasteiger partial charge in [0.05, 0.1) is 11.1 Å². The summed E-state index contributed by atoms with van der Waals surface area (Å²) in [6.45, 7) is 11.0. The number of likely N-dealkylation sites (tertiary alicyclic amines) is 1. The minimum absolute atomic E-state index is 0.135. The molecule has 0 unspecified atom stereocenters. The molecule has 0 aliphatic carbocycles. The highest BCUT2D eigenvalue weighted by atomic mass is 16.2. The third kappa shape index (κ3) is 3.57. The molecular weight excluding hydrogens is 324 g/mol. The van der Waals surface area contributed by atoms with Crippen LogP contribution in [0, 0.1) is 0 Å². The number of nitrogens with zero attached hydrogens (tertiary/aromatic N) is 2. The number of unbranched alkanes of at least 4 members (excludes halogenated alkanes) is 2. The number of hydrogen-bond acceptors (Lipinski definition) is 3. The molecule has 1 fully saturated rings. The van der Waals surface area contributed by atoms with E-state index in [1.54, 1.807) is 12.1 Å². The Balaban J connectivity index is 1.48. The van der Waals surface area contributed by atoms with Gasteiger partial charge in [-0.2, -0.15) is 0 Å². The highest BCUT2D eigenvalue weighted by molar-refractivity contribution is 6.21. The van der Waals surface area contributed by atoms with Gasteiger partial charge in [-0.15, -0.1) is 0 Å². The molecule has 3 rings (SSSR count). The Kier molecular flexibility index (Phi) is 5.25. The molecule has 0 radical (unpaired) electrons.